The van der Waals surface area contributed by atoms with Gasteiger partial charge in [-0.3, -0.25) is 9.78 Å². The molecule has 0 aliphatic rings. The second-order valence-corrected chi connectivity index (χ2v) is 5.74. The Morgan fingerprint density at radius 2 is 1.86 bits per heavy atom. The van der Waals surface area contributed by atoms with Gasteiger partial charge < -0.3 is 5.32 Å². The van der Waals surface area contributed by atoms with Crippen LogP contribution in [0.4, 0.5) is 5.69 Å². The highest BCUT2D eigenvalue weighted by Crippen LogP contribution is 2.35. The average Bonchev–Trinajstić information content (AvgIpc) is 2.93. The van der Waals surface area contributed by atoms with Crippen LogP contribution in [0.5, 0.6) is 0 Å². The Labute approximate surface area is 138 Å². The Hall–Kier alpha value is -1.47. The summed E-state index contributed by atoms with van der Waals surface area (Å²) in [6, 6.07) is 3.02. The number of hydrogen-bond acceptors (Lipinski definition) is 5. The van der Waals surface area contributed by atoms with Crippen molar-refractivity contribution in [3.8, 4) is 0 Å². The molecule has 1 N–H and O–H groups in total. The third-order valence-electron chi connectivity index (χ3n) is 2.70. The van der Waals surface area contributed by atoms with Gasteiger partial charge in [-0.15, -0.1) is 0 Å². The molecule has 0 bridgehead atoms. The molecule has 0 aliphatic carbocycles. The van der Waals surface area contributed by atoms with E-state index in [9.17, 15) is 4.79 Å². The van der Waals surface area contributed by atoms with Gasteiger partial charge in [0.05, 0.1) is 38.0 Å². The molecule has 1 aromatic carbocycles. The van der Waals surface area contributed by atoms with Crippen molar-refractivity contribution in [1.82, 2.24) is 13.7 Å². The summed E-state index contributed by atoms with van der Waals surface area (Å²) < 4.78 is 8.18. The van der Waals surface area contributed by atoms with Crippen molar-refractivity contribution in [3.05, 3.63) is 45.2 Å². The predicted molar refractivity (Wildman–Crippen MR) is 84.6 cm³/mol. The fourth-order valence-electron chi connectivity index (χ4n) is 1.73. The van der Waals surface area contributed by atoms with Gasteiger partial charge in [-0.25, -0.2) is 0 Å². The SMILES string of the molecule is O=C(Nc1c(Cl)cc(Cl)c2nsnc12)c1ccncc1Cl. The maximum atomic E-state index is 12.3. The van der Waals surface area contributed by atoms with Crippen molar-refractivity contribution in [2.45, 2.75) is 0 Å². The number of rotatable bonds is 2. The van der Waals surface area contributed by atoms with Crippen LogP contribution in [-0.2, 0) is 0 Å². The molecule has 9 heteroatoms. The van der Waals surface area contributed by atoms with Crippen LogP contribution in [0.15, 0.2) is 24.5 Å². The molecule has 0 radical (unpaired) electrons. The zero-order chi connectivity index (χ0) is 15.0. The highest BCUT2D eigenvalue weighted by molar-refractivity contribution is 7.00. The molecule has 3 rings (SSSR count). The molecule has 3 aromatic rings. The molecule has 1 amide bonds. The number of amides is 1. The number of benzene rings is 1. The largest absolute Gasteiger partial charge is 0.319 e. The quantitative estimate of drug-likeness (QED) is 0.741. The highest BCUT2D eigenvalue weighted by atomic mass is 35.5. The van der Waals surface area contributed by atoms with Crippen LogP contribution in [0.1, 0.15) is 10.4 Å². The molecule has 2 aromatic heterocycles. The van der Waals surface area contributed by atoms with Crippen LogP contribution in [0.3, 0.4) is 0 Å². The lowest BCUT2D eigenvalue weighted by atomic mass is 10.2. The summed E-state index contributed by atoms with van der Waals surface area (Å²) in [6.07, 6.45) is 2.87. The summed E-state index contributed by atoms with van der Waals surface area (Å²) in [7, 11) is 0. The van der Waals surface area contributed by atoms with Crippen LogP contribution in [0.2, 0.25) is 15.1 Å². The third-order valence-corrected chi connectivity index (χ3v) is 4.12. The number of halogens is 3. The van der Waals surface area contributed by atoms with Crippen LogP contribution in [0.25, 0.3) is 11.0 Å². The Morgan fingerprint density at radius 3 is 2.62 bits per heavy atom. The van der Waals surface area contributed by atoms with E-state index in [1.807, 2.05) is 0 Å². The molecule has 0 saturated carbocycles. The van der Waals surface area contributed by atoms with E-state index in [0.717, 1.165) is 11.7 Å². The van der Waals surface area contributed by atoms with Crippen LogP contribution < -0.4 is 5.32 Å². The van der Waals surface area contributed by atoms with Gasteiger partial charge in [0.1, 0.15) is 11.0 Å². The number of pyridine rings is 1. The van der Waals surface area contributed by atoms with Gasteiger partial charge in [0.2, 0.25) is 0 Å². The molecule has 0 aliphatic heterocycles. The van der Waals surface area contributed by atoms with E-state index < -0.39 is 5.91 Å². The molecule has 5 nitrogen and oxygen atoms in total. The number of nitrogens with zero attached hydrogens (tertiary/aromatic N) is 3. The van der Waals surface area contributed by atoms with Gasteiger partial charge in [0.25, 0.3) is 5.91 Å². The number of aromatic nitrogens is 3. The number of fused-ring (bicyclic) bond motifs is 1. The minimum Gasteiger partial charge on any atom is -0.319 e. The second kappa shape index (κ2) is 5.73. The third kappa shape index (κ3) is 2.67. The predicted octanol–water partition coefficient (Wildman–Crippen LogP) is 4.30. The second-order valence-electron chi connectivity index (χ2n) is 3.99. The molecule has 0 atom stereocenters. The number of anilines is 1. The average molecular weight is 360 g/mol. The Balaban J connectivity index is 2.05. The fourth-order valence-corrected chi connectivity index (χ4v) is 3.10. The number of hydrogen-bond donors (Lipinski definition) is 1. The standard InChI is InChI=1S/C12H5Cl3N4OS/c13-6-3-7(14)10-11(19-21-18-10)9(6)17-12(20)5-1-2-16-4-8(5)15/h1-4H,(H,17,20). The van der Waals surface area contributed by atoms with Crippen molar-refractivity contribution in [1.29, 1.82) is 0 Å². The lowest BCUT2D eigenvalue weighted by molar-refractivity contribution is 0.102. The van der Waals surface area contributed by atoms with E-state index in [0.29, 0.717) is 21.7 Å². The number of carbonyl (C=O) groups is 1. The van der Waals surface area contributed by atoms with E-state index in [2.05, 4.69) is 19.0 Å². The van der Waals surface area contributed by atoms with Gasteiger partial charge in [-0.1, -0.05) is 34.8 Å². The molecule has 0 unspecified atom stereocenters. The summed E-state index contributed by atoms with van der Waals surface area (Å²) in [6.45, 7) is 0. The van der Waals surface area contributed by atoms with Crippen molar-refractivity contribution in [2.75, 3.05) is 5.32 Å². The summed E-state index contributed by atoms with van der Waals surface area (Å²) in [4.78, 5) is 16.1. The molecule has 21 heavy (non-hydrogen) atoms. The van der Waals surface area contributed by atoms with Crippen molar-refractivity contribution >= 4 is 69.2 Å². The zero-order valence-corrected chi connectivity index (χ0v) is 13.2. The molecule has 0 saturated heterocycles. The van der Waals surface area contributed by atoms with Gasteiger partial charge in [0, 0.05) is 12.4 Å². The smallest absolute Gasteiger partial charge is 0.257 e. The fraction of sp³-hybridized carbons (Fsp3) is 0. The van der Waals surface area contributed by atoms with Gasteiger partial charge in [-0.2, -0.15) is 8.75 Å². The van der Waals surface area contributed by atoms with E-state index in [4.69, 9.17) is 34.8 Å². The summed E-state index contributed by atoms with van der Waals surface area (Å²) in [5.41, 5.74) is 1.56. The van der Waals surface area contributed by atoms with Crippen LogP contribution in [0, 0.1) is 0 Å². The van der Waals surface area contributed by atoms with Crippen molar-refractivity contribution in [3.63, 3.8) is 0 Å². The van der Waals surface area contributed by atoms with E-state index >= 15 is 0 Å². The summed E-state index contributed by atoms with van der Waals surface area (Å²) in [5, 5.41) is 3.58. The minimum absolute atomic E-state index is 0.243. The van der Waals surface area contributed by atoms with Crippen molar-refractivity contribution < 1.29 is 4.79 Å². The monoisotopic (exact) mass is 358 g/mol. The number of nitrogens with one attached hydrogen (secondary N) is 1. The topological polar surface area (TPSA) is 67.8 Å². The summed E-state index contributed by atoms with van der Waals surface area (Å²) in [5.74, 6) is -0.416. The lowest BCUT2D eigenvalue weighted by Crippen LogP contribution is -2.13. The minimum atomic E-state index is -0.416. The lowest BCUT2D eigenvalue weighted by Gasteiger charge is -2.09. The number of carbonyl (C=O) groups excluding carboxylic acids is 1. The molecular weight excluding hydrogens is 355 g/mol. The van der Waals surface area contributed by atoms with E-state index in [1.54, 1.807) is 0 Å². The molecule has 2 heterocycles. The maximum absolute atomic E-state index is 12.3. The highest BCUT2D eigenvalue weighted by Gasteiger charge is 2.18. The molecule has 106 valence electrons. The van der Waals surface area contributed by atoms with Gasteiger partial charge in [0.15, 0.2) is 0 Å². The van der Waals surface area contributed by atoms with Gasteiger partial charge in [-0.05, 0) is 12.1 Å². The Bertz CT molecular complexity index is 852. The first-order chi connectivity index (χ1) is 10.1. The zero-order valence-electron chi connectivity index (χ0n) is 10.1. The van der Waals surface area contributed by atoms with Crippen LogP contribution in [-0.4, -0.2) is 19.6 Å². The Kier molecular flexibility index (Phi) is 3.95. The first-order valence-electron chi connectivity index (χ1n) is 5.59. The normalized spacial score (nSPS) is 10.8. The molecule has 0 fully saturated rings. The first kappa shape index (κ1) is 14.5. The molecular formula is C12H5Cl3N4OS. The van der Waals surface area contributed by atoms with E-state index in [1.165, 1.54) is 24.5 Å². The van der Waals surface area contributed by atoms with Crippen molar-refractivity contribution in [2.24, 2.45) is 0 Å². The summed E-state index contributed by atoms with van der Waals surface area (Å²) >= 11 is 19.1. The van der Waals surface area contributed by atoms with E-state index in [-0.39, 0.29) is 15.6 Å². The maximum Gasteiger partial charge on any atom is 0.257 e. The van der Waals surface area contributed by atoms with Crippen LogP contribution >= 0.6 is 46.5 Å². The van der Waals surface area contributed by atoms with Gasteiger partial charge >= 0.3 is 0 Å². The first-order valence-corrected chi connectivity index (χ1v) is 7.45. The Morgan fingerprint density at radius 1 is 1.10 bits per heavy atom. The molecule has 0 spiro atoms.